The van der Waals surface area contributed by atoms with Crippen molar-refractivity contribution in [2.45, 2.75) is 13.1 Å². The molecule has 0 aliphatic carbocycles. The van der Waals surface area contributed by atoms with Gasteiger partial charge in [0.25, 0.3) is 0 Å². The Labute approximate surface area is 113 Å². The number of hydrogen-bond acceptors (Lipinski definition) is 3. The molecule has 0 bridgehead atoms. The molecular formula is C12H13BrFN3O. The van der Waals surface area contributed by atoms with Gasteiger partial charge in [-0.1, -0.05) is 0 Å². The Morgan fingerprint density at radius 2 is 2.28 bits per heavy atom. The maximum absolute atomic E-state index is 12.9. The first-order valence-electron chi connectivity index (χ1n) is 5.50. The van der Waals surface area contributed by atoms with Gasteiger partial charge < -0.3 is 10.4 Å². The molecule has 0 saturated carbocycles. The monoisotopic (exact) mass is 313 g/mol. The van der Waals surface area contributed by atoms with E-state index in [-0.39, 0.29) is 12.4 Å². The highest BCUT2D eigenvalue weighted by atomic mass is 79.9. The summed E-state index contributed by atoms with van der Waals surface area (Å²) in [7, 11) is 0. The largest absolute Gasteiger partial charge is 0.394 e. The highest BCUT2D eigenvalue weighted by Gasteiger charge is 2.02. The smallest absolute Gasteiger partial charge is 0.124 e. The molecule has 18 heavy (non-hydrogen) atoms. The zero-order valence-corrected chi connectivity index (χ0v) is 11.2. The molecule has 0 saturated heterocycles. The first-order valence-corrected chi connectivity index (χ1v) is 6.29. The fraction of sp³-hybridized carbons (Fsp3) is 0.250. The number of halogens is 2. The van der Waals surface area contributed by atoms with Gasteiger partial charge >= 0.3 is 0 Å². The van der Waals surface area contributed by atoms with Crippen LogP contribution in [-0.2, 0) is 13.1 Å². The maximum Gasteiger partial charge on any atom is 0.124 e. The second-order valence-electron chi connectivity index (χ2n) is 3.81. The van der Waals surface area contributed by atoms with Crippen LogP contribution in [-0.4, -0.2) is 21.5 Å². The molecule has 0 radical (unpaired) electrons. The summed E-state index contributed by atoms with van der Waals surface area (Å²) < 4.78 is 15.3. The number of aliphatic hydroxyl groups excluding tert-OH is 1. The van der Waals surface area contributed by atoms with Gasteiger partial charge in [0.1, 0.15) is 5.82 Å². The molecule has 0 amide bonds. The van der Waals surface area contributed by atoms with Crippen LogP contribution in [0, 0.1) is 5.82 Å². The van der Waals surface area contributed by atoms with Gasteiger partial charge in [-0.05, 0) is 34.1 Å². The molecule has 0 aliphatic rings. The van der Waals surface area contributed by atoms with Gasteiger partial charge in [0.15, 0.2) is 0 Å². The number of hydrogen-bond donors (Lipinski definition) is 2. The molecular weight excluding hydrogens is 301 g/mol. The minimum atomic E-state index is -0.275. The van der Waals surface area contributed by atoms with Crippen LogP contribution in [0.15, 0.2) is 35.1 Å². The SMILES string of the molecule is OCCn1cc(CNc2ccc(F)cc2Br)cn1. The van der Waals surface area contributed by atoms with Crippen molar-refractivity contribution < 1.29 is 9.50 Å². The molecule has 1 aromatic heterocycles. The Morgan fingerprint density at radius 3 is 3.00 bits per heavy atom. The van der Waals surface area contributed by atoms with Crippen molar-refractivity contribution in [3.63, 3.8) is 0 Å². The Morgan fingerprint density at radius 1 is 1.44 bits per heavy atom. The molecule has 2 N–H and O–H groups in total. The van der Waals surface area contributed by atoms with E-state index in [4.69, 9.17) is 5.11 Å². The van der Waals surface area contributed by atoms with Gasteiger partial charge in [0.05, 0.1) is 19.3 Å². The summed E-state index contributed by atoms with van der Waals surface area (Å²) in [5.74, 6) is -0.275. The summed E-state index contributed by atoms with van der Waals surface area (Å²) >= 11 is 3.29. The van der Waals surface area contributed by atoms with Crippen LogP contribution in [0.1, 0.15) is 5.56 Å². The van der Waals surface area contributed by atoms with E-state index in [9.17, 15) is 4.39 Å². The molecule has 96 valence electrons. The molecule has 2 rings (SSSR count). The third-order valence-corrected chi connectivity index (χ3v) is 3.09. The first kappa shape index (κ1) is 13.0. The van der Waals surface area contributed by atoms with E-state index in [0.717, 1.165) is 11.3 Å². The summed E-state index contributed by atoms with van der Waals surface area (Å²) in [6.45, 7) is 1.15. The summed E-state index contributed by atoms with van der Waals surface area (Å²) in [6, 6.07) is 4.50. The van der Waals surface area contributed by atoms with Gasteiger partial charge in [-0.25, -0.2) is 4.39 Å². The van der Waals surface area contributed by atoms with Crippen LogP contribution >= 0.6 is 15.9 Å². The van der Waals surface area contributed by atoms with Crippen LogP contribution in [0.2, 0.25) is 0 Å². The molecule has 4 nitrogen and oxygen atoms in total. The number of aliphatic hydroxyl groups is 1. The van der Waals surface area contributed by atoms with E-state index in [1.54, 1.807) is 16.9 Å². The average molecular weight is 314 g/mol. The minimum Gasteiger partial charge on any atom is -0.394 e. The third kappa shape index (κ3) is 3.30. The van der Waals surface area contributed by atoms with Crippen LogP contribution in [0.4, 0.5) is 10.1 Å². The van der Waals surface area contributed by atoms with Crippen molar-refractivity contribution >= 4 is 21.6 Å². The summed E-state index contributed by atoms with van der Waals surface area (Å²) in [4.78, 5) is 0. The predicted molar refractivity (Wildman–Crippen MR) is 70.7 cm³/mol. The van der Waals surface area contributed by atoms with E-state index >= 15 is 0 Å². The van der Waals surface area contributed by atoms with Gasteiger partial charge in [-0.3, -0.25) is 4.68 Å². The van der Waals surface area contributed by atoms with Crippen molar-refractivity contribution in [1.29, 1.82) is 0 Å². The van der Waals surface area contributed by atoms with Crippen LogP contribution in [0.5, 0.6) is 0 Å². The Balaban J connectivity index is 1.97. The molecule has 1 aromatic carbocycles. The topological polar surface area (TPSA) is 50.1 Å². The summed E-state index contributed by atoms with van der Waals surface area (Å²) in [5.41, 5.74) is 1.82. The molecule has 2 aromatic rings. The van der Waals surface area contributed by atoms with Crippen molar-refractivity contribution in [2.24, 2.45) is 0 Å². The van der Waals surface area contributed by atoms with E-state index < -0.39 is 0 Å². The fourth-order valence-electron chi connectivity index (χ4n) is 1.55. The molecule has 6 heteroatoms. The maximum atomic E-state index is 12.9. The van der Waals surface area contributed by atoms with Gasteiger partial charge in [0.2, 0.25) is 0 Å². The van der Waals surface area contributed by atoms with Crippen LogP contribution in [0.25, 0.3) is 0 Å². The third-order valence-electron chi connectivity index (χ3n) is 2.43. The number of rotatable bonds is 5. The van der Waals surface area contributed by atoms with Crippen molar-refractivity contribution in [3.8, 4) is 0 Å². The molecule has 0 aliphatic heterocycles. The predicted octanol–water partition coefficient (Wildman–Crippen LogP) is 2.39. The number of nitrogens with zero attached hydrogens (tertiary/aromatic N) is 2. The second-order valence-corrected chi connectivity index (χ2v) is 4.67. The van der Waals surface area contributed by atoms with E-state index in [0.29, 0.717) is 17.6 Å². The van der Waals surface area contributed by atoms with Crippen molar-refractivity contribution in [3.05, 3.63) is 46.4 Å². The Kier molecular flexibility index (Phi) is 4.33. The average Bonchev–Trinajstić information content (AvgIpc) is 2.76. The lowest BCUT2D eigenvalue weighted by molar-refractivity contribution is 0.269. The number of nitrogens with one attached hydrogen (secondary N) is 1. The lowest BCUT2D eigenvalue weighted by Gasteiger charge is -2.07. The van der Waals surface area contributed by atoms with Crippen molar-refractivity contribution in [1.82, 2.24) is 9.78 Å². The van der Waals surface area contributed by atoms with E-state index in [1.807, 2.05) is 6.20 Å². The van der Waals surface area contributed by atoms with Crippen LogP contribution in [0.3, 0.4) is 0 Å². The molecule has 0 spiro atoms. The number of benzene rings is 1. The van der Waals surface area contributed by atoms with Gasteiger partial charge in [-0.2, -0.15) is 5.10 Å². The summed E-state index contributed by atoms with van der Waals surface area (Å²) in [5, 5.41) is 16.1. The number of anilines is 1. The number of aromatic nitrogens is 2. The zero-order valence-electron chi connectivity index (χ0n) is 9.61. The fourth-order valence-corrected chi connectivity index (χ4v) is 2.04. The zero-order chi connectivity index (χ0) is 13.0. The minimum absolute atomic E-state index is 0.0675. The lowest BCUT2D eigenvalue weighted by Crippen LogP contribution is -2.02. The Bertz CT molecular complexity index is 530. The molecule has 0 atom stereocenters. The van der Waals surface area contributed by atoms with E-state index in [1.165, 1.54) is 12.1 Å². The van der Waals surface area contributed by atoms with Gasteiger partial charge in [-0.15, -0.1) is 0 Å². The Hall–Kier alpha value is -1.40. The van der Waals surface area contributed by atoms with E-state index in [2.05, 4.69) is 26.3 Å². The van der Waals surface area contributed by atoms with Gasteiger partial charge in [0, 0.05) is 28.5 Å². The highest BCUT2D eigenvalue weighted by Crippen LogP contribution is 2.23. The quantitative estimate of drug-likeness (QED) is 0.891. The lowest BCUT2D eigenvalue weighted by atomic mass is 10.3. The normalized spacial score (nSPS) is 10.6. The van der Waals surface area contributed by atoms with Crippen molar-refractivity contribution in [2.75, 3.05) is 11.9 Å². The molecule has 0 fully saturated rings. The molecule has 1 heterocycles. The molecule has 0 unspecified atom stereocenters. The summed E-state index contributed by atoms with van der Waals surface area (Å²) in [6.07, 6.45) is 3.60. The highest BCUT2D eigenvalue weighted by molar-refractivity contribution is 9.10. The van der Waals surface area contributed by atoms with Crippen LogP contribution < -0.4 is 5.32 Å². The second kappa shape index (κ2) is 5.97. The standard InChI is InChI=1S/C12H13BrFN3O/c13-11-5-10(14)1-2-12(11)15-6-9-7-16-17(8-9)3-4-18/h1-2,5,7-8,15,18H,3-4,6H2. The first-order chi connectivity index (χ1) is 8.69.